The molecule has 0 aromatic heterocycles. The van der Waals surface area contributed by atoms with Crippen molar-refractivity contribution in [3.05, 3.63) is 35.4 Å². The Kier molecular flexibility index (Phi) is 5.70. The van der Waals surface area contributed by atoms with Gasteiger partial charge in [0.1, 0.15) is 0 Å². The van der Waals surface area contributed by atoms with E-state index in [-0.39, 0.29) is 11.9 Å². The number of carbonyl (C=O) groups excluding carboxylic acids is 1. The number of nitrogens with one attached hydrogen (secondary N) is 1. The van der Waals surface area contributed by atoms with Gasteiger partial charge in [-0.05, 0) is 24.5 Å². The molecule has 0 radical (unpaired) electrons. The van der Waals surface area contributed by atoms with Gasteiger partial charge in [-0.3, -0.25) is 4.79 Å². The molecule has 0 aliphatic carbocycles. The molecule has 1 aromatic carbocycles. The van der Waals surface area contributed by atoms with Gasteiger partial charge in [-0.2, -0.15) is 0 Å². The molecule has 94 valence electrons. The lowest BCUT2D eigenvalue weighted by molar-refractivity contribution is -0.121. The number of benzene rings is 1. The van der Waals surface area contributed by atoms with Crippen LogP contribution in [-0.4, -0.2) is 11.9 Å². The molecule has 0 saturated heterocycles. The van der Waals surface area contributed by atoms with Crippen molar-refractivity contribution >= 4 is 5.91 Å². The molecule has 0 aliphatic rings. The van der Waals surface area contributed by atoms with Gasteiger partial charge in [0.25, 0.3) is 0 Å². The Balaban J connectivity index is 2.39. The number of aryl methyl sites for hydroxylation is 1. The van der Waals surface area contributed by atoms with Gasteiger partial charge >= 0.3 is 0 Å². The van der Waals surface area contributed by atoms with E-state index in [1.807, 2.05) is 6.92 Å². The van der Waals surface area contributed by atoms with E-state index in [4.69, 9.17) is 5.73 Å². The molecule has 1 unspecified atom stereocenters. The molecule has 0 heterocycles. The van der Waals surface area contributed by atoms with Crippen molar-refractivity contribution < 1.29 is 4.79 Å². The molecule has 1 amide bonds. The van der Waals surface area contributed by atoms with Gasteiger partial charge in [-0.15, -0.1) is 0 Å². The van der Waals surface area contributed by atoms with E-state index in [0.717, 1.165) is 18.4 Å². The van der Waals surface area contributed by atoms with Gasteiger partial charge in [-0.1, -0.05) is 37.6 Å². The number of hydrogen-bond donors (Lipinski definition) is 2. The summed E-state index contributed by atoms with van der Waals surface area (Å²) in [5, 5.41) is 2.86. The molecular weight excluding hydrogens is 212 g/mol. The molecule has 1 rings (SSSR count). The lowest BCUT2D eigenvalue weighted by Gasteiger charge is -2.08. The minimum Gasteiger partial charge on any atom is -0.352 e. The molecule has 3 heteroatoms. The van der Waals surface area contributed by atoms with Crippen LogP contribution >= 0.6 is 0 Å². The van der Waals surface area contributed by atoms with Crippen molar-refractivity contribution in [1.82, 2.24) is 5.32 Å². The quantitative estimate of drug-likeness (QED) is 0.791. The van der Waals surface area contributed by atoms with Crippen LogP contribution in [0.15, 0.2) is 24.3 Å². The van der Waals surface area contributed by atoms with Crippen molar-refractivity contribution in [3.63, 3.8) is 0 Å². The van der Waals surface area contributed by atoms with Crippen LogP contribution in [0.1, 0.15) is 37.8 Å². The predicted octanol–water partition coefficient (Wildman–Crippen LogP) is 1.99. The van der Waals surface area contributed by atoms with E-state index in [9.17, 15) is 4.79 Å². The molecule has 0 fully saturated rings. The zero-order valence-electron chi connectivity index (χ0n) is 10.7. The Bertz CT molecular complexity index is 344. The van der Waals surface area contributed by atoms with Crippen LogP contribution in [0, 0.1) is 0 Å². The minimum atomic E-state index is -0.0815. The second-order valence-corrected chi connectivity index (χ2v) is 4.52. The standard InChI is InChI=1S/C14H22N2O/c1-3-4-12-5-7-13(8-6-12)10-16-14(17)9-11(2)15/h5-8,11H,3-4,9-10,15H2,1-2H3,(H,16,17). The summed E-state index contributed by atoms with van der Waals surface area (Å²) in [7, 11) is 0. The molecule has 0 spiro atoms. The fraction of sp³-hybridized carbons (Fsp3) is 0.500. The number of hydrogen-bond acceptors (Lipinski definition) is 2. The monoisotopic (exact) mass is 234 g/mol. The van der Waals surface area contributed by atoms with Crippen LogP contribution in [-0.2, 0) is 17.8 Å². The van der Waals surface area contributed by atoms with Crippen molar-refractivity contribution in [3.8, 4) is 0 Å². The molecule has 1 atom stereocenters. The summed E-state index contributed by atoms with van der Waals surface area (Å²) in [6, 6.07) is 8.29. The Morgan fingerprint density at radius 3 is 2.41 bits per heavy atom. The van der Waals surface area contributed by atoms with E-state index >= 15 is 0 Å². The van der Waals surface area contributed by atoms with Crippen LogP contribution < -0.4 is 11.1 Å². The molecule has 0 saturated carbocycles. The van der Waals surface area contributed by atoms with Crippen LogP contribution in [0.2, 0.25) is 0 Å². The average molecular weight is 234 g/mol. The Labute approximate surface area is 103 Å². The number of nitrogens with two attached hydrogens (primary N) is 1. The van der Waals surface area contributed by atoms with E-state index in [1.165, 1.54) is 5.56 Å². The Hall–Kier alpha value is -1.35. The lowest BCUT2D eigenvalue weighted by atomic mass is 10.1. The first-order valence-electron chi connectivity index (χ1n) is 6.22. The maximum absolute atomic E-state index is 11.4. The topological polar surface area (TPSA) is 55.1 Å². The highest BCUT2D eigenvalue weighted by Gasteiger charge is 2.04. The number of amides is 1. The molecule has 0 bridgehead atoms. The second kappa shape index (κ2) is 7.07. The van der Waals surface area contributed by atoms with Crippen LogP contribution in [0.5, 0.6) is 0 Å². The largest absolute Gasteiger partial charge is 0.352 e. The highest BCUT2D eigenvalue weighted by molar-refractivity contribution is 5.76. The molecular formula is C14H22N2O. The second-order valence-electron chi connectivity index (χ2n) is 4.52. The summed E-state index contributed by atoms with van der Waals surface area (Å²) >= 11 is 0. The molecule has 17 heavy (non-hydrogen) atoms. The summed E-state index contributed by atoms with van der Waals surface area (Å²) in [5.41, 5.74) is 8.03. The first-order valence-corrected chi connectivity index (χ1v) is 6.22. The summed E-state index contributed by atoms with van der Waals surface area (Å²) in [6.07, 6.45) is 2.65. The van der Waals surface area contributed by atoms with Crippen molar-refractivity contribution in [2.75, 3.05) is 0 Å². The summed E-state index contributed by atoms with van der Waals surface area (Å²) in [4.78, 5) is 11.4. The highest BCUT2D eigenvalue weighted by Crippen LogP contribution is 2.06. The predicted molar refractivity (Wildman–Crippen MR) is 70.6 cm³/mol. The average Bonchev–Trinajstić information content (AvgIpc) is 2.28. The van der Waals surface area contributed by atoms with Crippen LogP contribution in [0.3, 0.4) is 0 Å². The van der Waals surface area contributed by atoms with E-state index in [2.05, 4.69) is 36.5 Å². The van der Waals surface area contributed by atoms with E-state index in [1.54, 1.807) is 0 Å². The van der Waals surface area contributed by atoms with E-state index < -0.39 is 0 Å². The normalized spacial score (nSPS) is 12.2. The number of carbonyl (C=O) groups is 1. The fourth-order valence-corrected chi connectivity index (χ4v) is 1.68. The molecule has 0 aliphatic heterocycles. The van der Waals surface area contributed by atoms with Crippen LogP contribution in [0.4, 0.5) is 0 Å². The molecule has 1 aromatic rings. The third-order valence-corrected chi connectivity index (χ3v) is 2.56. The van der Waals surface area contributed by atoms with Gasteiger partial charge < -0.3 is 11.1 Å². The van der Waals surface area contributed by atoms with Gasteiger partial charge in [-0.25, -0.2) is 0 Å². The third-order valence-electron chi connectivity index (χ3n) is 2.56. The van der Waals surface area contributed by atoms with E-state index in [0.29, 0.717) is 13.0 Å². The summed E-state index contributed by atoms with van der Waals surface area (Å²) in [6.45, 7) is 4.58. The summed E-state index contributed by atoms with van der Waals surface area (Å²) in [5.74, 6) is 0.0117. The minimum absolute atomic E-state index is 0.0117. The SMILES string of the molecule is CCCc1ccc(CNC(=O)CC(C)N)cc1. The zero-order valence-corrected chi connectivity index (χ0v) is 10.7. The first kappa shape index (κ1) is 13.7. The van der Waals surface area contributed by atoms with Gasteiger partial charge in [0, 0.05) is 19.0 Å². The molecule has 3 N–H and O–H groups in total. The van der Waals surface area contributed by atoms with Crippen LogP contribution in [0.25, 0.3) is 0 Å². The maximum Gasteiger partial charge on any atom is 0.221 e. The van der Waals surface area contributed by atoms with Gasteiger partial charge in [0.2, 0.25) is 5.91 Å². The van der Waals surface area contributed by atoms with Gasteiger partial charge in [0.15, 0.2) is 0 Å². The Morgan fingerprint density at radius 2 is 1.88 bits per heavy atom. The molecule has 3 nitrogen and oxygen atoms in total. The zero-order chi connectivity index (χ0) is 12.7. The van der Waals surface area contributed by atoms with Crippen molar-refractivity contribution in [2.45, 2.75) is 45.7 Å². The van der Waals surface area contributed by atoms with Crippen molar-refractivity contribution in [2.24, 2.45) is 5.73 Å². The first-order chi connectivity index (χ1) is 8.11. The third kappa shape index (κ3) is 5.50. The van der Waals surface area contributed by atoms with Gasteiger partial charge in [0.05, 0.1) is 0 Å². The summed E-state index contributed by atoms with van der Waals surface area (Å²) < 4.78 is 0. The lowest BCUT2D eigenvalue weighted by Crippen LogP contribution is -2.29. The maximum atomic E-state index is 11.4. The smallest absolute Gasteiger partial charge is 0.221 e. The Morgan fingerprint density at radius 1 is 1.29 bits per heavy atom. The highest BCUT2D eigenvalue weighted by atomic mass is 16.1. The fourth-order valence-electron chi connectivity index (χ4n) is 1.68. The number of rotatable bonds is 6. The van der Waals surface area contributed by atoms with Crippen molar-refractivity contribution in [1.29, 1.82) is 0 Å².